The molecule has 4 heteroatoms. The number of imidazole rings is 1. The molecule has 3 rings (SSSR count). The third kappa shape index (κ3) is 1.97. The molecule has 0 atom stereocenters. The van der Waals surface area contributed by atoms with Crippen LogP contribution in [0, 0.1) is 5.82 Å². The molecule has 0 aliphatic heterocycles. The van der Waals surface area contributed by atoms with Crippen molar-refractivity contribution in [3.63, 3.8) is 0 Å². The van der Waals surface area contributed by atoms with Crippen molar-refractivity contribution in [3.8, 4) is 0 Å². The highest BCUT2D eigenvalue weighted by Gasteiger charge is 2.02. The summed E-state index contributed by atoms with van der Waals surface area (Å²) in [7, 11) is 0. The second-order valence-electron chi connectivity index (χ2n) is 3.74. The standard InChI is InChI=1S/C13H10FN3/c14-9-4-3-5-10(8-9)15-13-16-11-6-1-2-7-12(11)17-13/h1-8H,(H2,15,16,17). The summed E-state index contributed by atoms with van der Waals surface area (Å²) in [6.45, 7) is 0. The predicted molar refractivity (Wildman–Crippen MR) is 65.8 cm³/mol. The molecular formula is C13H10FN3. The molecule has 0 saturated carbocycles. The van der Waals surface area contributed by atoms with Crippen LogP contribution in [0.2, 0.25) is 0 Å². The van der Waals surface area contributed by atoms with Gasteiger partial charge in [0.05, 0.1) is 11.0 Å². The molecule has 0 aliphatic carbocycles. The Bertz CT molecular complexity index is 627. The minimum Gasteiger partial charge on any atom is -0.326 e. The molecule has 1 aromatic heterocycles. The van der Waals surface area contributed by atoms with Gasteiger partial charge in [-0.15, -0.1) is 0 Å². The van der Waals surface area contributed by atoms with Crippen molar-refractivity contribution in [3.05, 3.63) is 54.3 Å². The van der Waals surface area contributed by atoms with Crippen LogP contribution in [0.4, 0.5) is 16.0 Å². The van der Waals surface area contributed by atoms with Gasteiger partial charge in [0.25, 0.3) is 0 Å². The van der Waals surface area contributed by atoms with Crippen LogP contribution in [0.5, 0.6) is 0 Å². The number of H-pyrrole nitrogens is 1. The molecule has 84 valence electrons. The monoisotopic (exact) mass is 227 g/mol. The number of nitrogens with zero attached hydrogens (tertiary/aromatic N) is 1. The lowest BCUT2D eigenvalue weighted by Gasteiger charge is -2.01. The summed E-state index contributed by atoms with van der Waals surface area (Å²) in [5.41, 5.74) is 2.50. The van der Waals surface area contributed by atoms with Crippen LogP contribution < -0.4 is 5.32 Å². The van der Waals surface area contributed by atoms with Crippen molar-refractivity contribution < 1.29 is 4.39 Å². The topological polar surface area (TPSA) is 40.7 Å². The van der Waals surface area contributed by atoms with Crippen LogP contribution in [-0.2, 0) is 0 Å². The number of anilines is 2. The molecule has 0 spiro atoms. The quantitative estimate of drug-likeness (QED) is 0.704. The molecule has 0 radical (unpaired) electrons. The van der Waals surface area contributed by atoms with E-state index < -0.39 is 0 Å². The van der Waals surface area contributed by atoms with Gasteiger partial charge in [0.2, 0.25) is 5.95 Å². The first-order valence-corrected chi connectivity index (χ1v) is 5.28. The SMILES string of the molecule is Fc1cccc(Nc2nc3ccccc3[nH]2)c1. The van der Waals surface area contributed by atoms with E-state index in [1.807, 2.05) is 24.3 Å². The molecular weight excluding hydrogens is 217 g/mol. The number of nitrogens with one attached hydrogen (secondary N) is 2. The van der Waals surface area contributed by atoms with Gasteiger partial charge >= 0.3 is 0 Å². The molecule has 0 bridgehead atoms. The van der Waals surface area contributed by atoms with Crippen molar-refractivity contribution in [2.75, 3.05) is 5.32 Å². The van der Waals surface area contributed by atoms with E-state index in [2.05, 4.69) is 15.3 Å². The van der Waals surface area contributed by atoms with Crippen molar-refractivity contribution in [1.29, 1.82) is 0 Å². The number of para-hydroxylation sites is 2. The minimum absolute atomic E-state index is 0.272. The summed E-state index contributed by atoms with van der Waals surface area (Å²) in [4.78, 5) is 7.47. The van der Waals surface area contributed by atoms with Gasteiger partial charge in [0.1, 0.15) is 5.82 Å². The third-order valence-corrected chi connectivity index (χ3v) is 2.48. The lowest BCUT2D eigenvalue weighted by Crippen LogP contribution is -1.92. The van der Waals surface area contributed by atoms with Gasteiger partial charge in [0, 0.05) is 5.69 Å². The number of halogens is 1. The van der Waals surface area contributed by atoms with Gasteiger partial charge < -0.3 is 10.3 Å². The second-order valence-corrected chi connectivity index (χ2v) is 3.74. The maximum Gasteiger partial charge on any atom is 0.205 e. The van der Waals surface area contributed by atoms with E-state index >= 15 is 0 Å². The third-order valence-electron chi connectivity index (χ3n) is 2.48. The van der Waals surface area contributed by atoms with Crippen molar-refractivity contribution in [1.82, 2.24) is 9.97 Å². The lowest BCUT2D eigenvalue weighted by molar-refractivity contribution is 0.628. The first-order valence-electron chi connectivity index (χ1n) is 5.28. The Morgan fingerprint density at radius 3 is 2.76 bits per heavy atom. The molecule has 0 unspecified atom stereocenters. The highest BCUT2D eigenvalue weighted by molar-refractivity contribution is 5.78. The minimum atomic E-state index is -0.272. The average molecular weight is 227 g/mol. The first-order chi connectivity index (χ1) is 8.31. The Kier molecular flexibility index (Phi) is 2.26. The van der Waals surface area contributed by atoms with Gasteiger partial charge in [-0.3, -0.25) is 0 Å². The Morgan fingerprint density at radius 2 is 1.94 bits per heavy atom. The number of aromatic amines is 1. The van der Waals surface area contributed by atoms with Crippen LogP contribution in [0.25, 0.3) is 11.0 Å². The van der Waals surface area contributed by atoms with Crippen molar-refractivity contribution >= 4 is 22.7 Å². The Hall–Kier alpha value is -2.36. The molecule has 3 aromatic rings. The second kappa shape index (κ2) is 3.90. The Balaban J connectivity index is 1.94. The van der Waals surface area contributed by atoms with E-state index in [9.17, 15) is 4.39 Å². The van der Waals surface area contributed by atoms with Crippen molar-refractivity contribution in [2.24, 2.45) is 0 Å². The molecule has 1 heterocycles. The maximum absolute atomic E-state index is 13.0. The molecule has 0 aliphatic rings. The lowest BCUT2D eigenvalue weighted by atomic mass is 10.3. The summed E-state index contributed by atoms with van der Waals surface area (Å²) < 4.78 is 13.0. The Labute approximate surface area is 97.3 Å². The molecule has 0 fully saturated rings. The van der Waals surface area contributed by atoms with E-state index in [-0.39, 0.29) is 5.82 Å². The van der Waals surface area contributed by atoms with Crippen LogP contribution in [0.15, 0.2) is 48.5 Å². The number of hydrogen-bond acceptors (Lipinski definition) is 2. The highest BCUT2D eigenvalue weighted by Crippen LogP contribution is 2.18. The highest BCUT2D eigenvalue weighted by atomic mass is 19.1. The average Bonchev–Trinajstić information content (AvgIpc) is 2.71. The normalized spacial score (nSPS) is 10.6. The molecule has 2 aromatic carbocycles. The summed E-state index contributed by atoms with van der Waals surface area (Å²) >= 11 is 0. The molecule has 2 N–H and O–H groups in total. The summed E-state index contributed by atoms with van der Waals surface area (Å²) in [6.07, 6.45) is 0. The van der Waals surface area contributed by atoms with Gasteiger partial charge in [0.15, 0.2) is 0 Å². The van der Waals surface area contributed by atoms with Crippen LogP contribution in [0.3, 0.4) is 0 Å². The van der Waals surface area contributed by atoms with E-state index in [0.717, 1.165) is 11.0 Å². The molecule has 17 heavy (non-hydrogen) atoms. The van der Waals surface area contributed by atoms with Crippen molar-refractivity contribution in [2.45, 2.75) is 0 Å². The fourth-order valence-corrected chi connectivity index (χ4v) is 1.71. The first kappa shape index (κ1) is 9.84. The fraction of sp³-hybridized carbons (Fsp3) is 0. The van der Waals surface area contributed by atoms with E-state index in [1.54, 1.807) is 12.1 Å². The summed E-state index contributed by atoms with van der Waals surface area (Å²) in [5.74, 6) is 0.336. The molecule has 0 amide bonds. The summed E-state index contributed by atoms with van der Waals surface area (Å²) in [5, 5.41) is 3.03. The van der Waals surface area contributed by atoms with Gasteiger partial charge in [-0.05, 0) is 30.3 Å². The zero-order chi connectivity index (χ0) is 11.7. The maximum atomic E-state index is 13.0. The Morgan fingerprint density at radius 1 is 1.06 bits per heavy atom. The van der Waals surface area contributed by atoms with Gasteiger partial charge in [-0.2, -0.15) is 0 Å². The smallest absolute Gasteiger partial charge is 0.205 e. The number of aromatic nitrogens is 2. The number of benzene rings is 2. The molecule has 3 nitrogen and oxygen atoms in total. The zero-order valence-electron chi connectivity index (χ0n) is 8.94. The largest absolute Gasteiger partial charge is 0.326 e. The van der Waals surface area contributed by atoms with Crippen LogP contribution in [0.1, 0.15) is 0 Å². The number of rotatable bonds is 2. The number of fused-ring (bicyclic) bond motifs is 1. The van der Waals surface area contributed by atoms with E-state index in [0.29, 0.717) is 11.6 Å². The van der Waals surface area contributed by atoms with Crippen LogP contribution in [-0.4, -0.2) is 9.97 Å². The summed E-state index contributed by atoms with van der Waals surface area (Å²) in [6, 6.07) is 14.0. The van der Waals surface area contributed by atoms with Gasteiger partial charge in [-0.25, -0.2) is 9.37 Å². The fourth-order valence-electron chi connectivity index (χ4n) is 1.71. The van der Waals surface area contributed by atoms with E-state index in [4.69, 9.17) is 0 Å². The zero-order valence-corrected chi connectivity index (χ0v) is 8.94. The predicted octanol–water partition coefficient (Wildman–Crippen LogP) is 3.45. The van der Waals surface area contributed by atoms with Crippen LogP contribution >= 0.6 is 0 Å². The van der Waals surface area contributed by atoms with Gasteiger partial charge in [-0.1, -0.05) is 18.2 Å². The van der Waals surface area contributed by atoms with E-state index in [1.165, 1.54) is 12.1 Å². The molecule has 0 saturated heterocycles. The number of hydrogen-bond donors (Lipinski definition) is 2.